The van der Waals surface area contributed by atoms with Gasteiger partial charge in [-0.25, -0.2) is 4.98 Å². The molecule has 5 heterocycles. The maximum Gasteiger partial charge on any atom is 0.573 e. The first-order valence-electron chi connectivity index (χ1n) is 25.3. The Bertz CT molecular complexity index is 2630. The van der Waals surface area contributed by atoms with E-state index < -0.39 is 30.0 Å². The number of β-amino-alcohol motifs (C(OH)–C–C–N with tert-alkyl or cyclic N) is 1. The second kappa shape index (κ2) is 22.8. The van der Waals surface area contributed by atoms with Crippen LogP contribution in [0.15, 0.2) is 78.4 Å². The predicted molar refractivity (Wildman–Crippen MR) is 275 cm³/mol. The first-order chi connectivity index (χ1) is 34.3. The largest absolute Gasteiger partial charge is 0.573 e. The summed E-state index contributed by atoms with van der Waals surface area (Å²) in [5.41, 5.74) is 13.9. The number of benzene rings is 3. The van der Waals surface area contributed by atoms with Gasteiger partial charge in [-0.15, -0.1) is 24.5 Å². The predicted octanol–water partition coefficient (Wildman–Crippen LogP) is 7.19. The number of piperidine rings is 1. The molecule has 0 saturated carbocycles. The van der Waals surface area contributed by atoms with Gasteiger partial charge in [-0.1, -0.05) is 63.2 Å². The van der Waals surface area contributed by atoms with Crippen molar-refractivity contribution >= 4 is 40.0 Å². The molecule has 0 aliphatic carbocycles. The molecule has 3 aliphatic rings. The summed E-state index contributed by atoms with van der Waals surface area (Å²) in [4.78, 5) is 55.7. The minimum Gasteiger partial charge on any atom is -0.406 e. The van der Waals surface area contributed by atoms with E-state index in [9.17, 15) is 32.7 Å². The molecule has 14 nitrogen and oxygen atoms in total. The highest BCUT2D eigenvalue weighted by Gasteiger charge is 2.45. The van der Waals surface area contributed by atoms with Crippen molar-refractivity contribution < 1.29 is 37.4 Å². The molecule has 2 aromatic heterocycles. The van der Waals surface area contributed by atoms with Crippen molar-refractivity contribution in [3.63, 3.8) is 0 Å². The normalized spacial score (nSPS) is 19.7. The zero-order valence-corrected chi connectivity index (χ0v) is 42.9. The zero-order chi connectivity index (χ0) is 51.3. The summed E-state index contributed by atoms with van der Waals surface area (Å²) in [5, 5.41) is 17.9. The Labute approximate surface area is 424 Å². The van der Waals surface area contributed by atoms with Gasteiger partial charge in [0.05, 0.1) is 34.8 Å². The number of amides is 3. The van der Waals surface area contributed by atoms with Crippen molar-refractivity contribution in [1.82, 2.24) is 39.8 Å². The third-order valence-electron chi connectivity index (χ3n) is 14.5. The van der Waals surface area contributed by atoms with Crippen LogP contribution in [0, 0.1) is 18.3 Å². The highest BCUT2D eigenvalue weighted by atomic mass is 32.1. The van der Waals surface area contributed by atoms with Crippen LogP contribution < -0.4 is 21.1 Å². The van der Waals surface area contributed by atoms with Gasteiger partial charge in [0.1, 0.15) is 17.8 Å². The number of piperazine rings is 1. The lowest BCUT2D eigenvalue weighted by Gasteiger charge is -2.39. The minimum absolute atomic E-state index is 0.0100. The van der Waals surface area contributed by atoms with Gasteiger partial charge in [-0.2, -0.15) is 0 Å². The van der Waals surface area contributed by atoms with E-state index in [0.29, 0.717) is 12.5 Å². The number of aliphatic hydroxyl groups excluding tert-OH is 1. The standard InChI is InChI=1S/C54H70F3N9O5S/c1-35(39-8-10-41(11-9-39)49-36(2)59-34-72-49)60-51(69)47-28-42(67)31-66(47)52(70)50(53(3,4)5)61-48(68)33-64-25-23-63(24-26-64)29-37-17-21-62(22-18-37)30-38-7-16-46-44(27-38)45(32-65(46)20-6-19-58)40-12-14-43(15-13-40)71-54(55,56)57/h7-16,27,32,34-35,37,42,47,50,67H,6,17-26,28-31,33,58H2,1-5H3,(H,60,69)(H,61,68)/t35-,42+,47-,50+/m1/s1. The van der Waals surface area contributed by atoms with Crippen molar-refractivity contribution in [2.75, 3.05) is 65.4 Å². The van der Waals surface area contributed by atoms with E-state index >= 15 is 0 Å². The number of nitrogens with zero attached hydrogens (tertiary/aromatic N) is 6. The zero-order valence-electron chi connectivity index (χ0n) is 42.1. The van der Waals surface area contributed by atoms with Gasteiger partial charge in [-0.3, -0.25) is 24.2 Å². The number of halogens is 3. The third-order valence-corrected chi connectivity index (χ3v) is 15.4. The van der Waals surface area contributed by atoms with Crippen LogP contribution >= 0.6 is 11.3 Å². The number of ether oxygens (including phenoxy) is 1. The number of likely N-dealkylation sites (tertiary alicyclic amines) is 2. The highest BCUT2D eigenvalue weighted by Crippen LogP contribution is 2.35. The van der Waals surface area contributed by atoms with Crippen molar-refractivity contribution in [3.05, 3.63) is 95.3 Å². The highest BCUT2D eigenvalue weighted by molar-refractivity contribution is 7.13. The Kier molecular flexibility index (Phi) is 16.8. The smallest absolute Gasteiger partial charge is 0.406 e. The first kappa shape index (κ1) is 52.9. The summed E-state index contributed by atoms with van der Waals surface area (Å²) < 4.78 is 44.8. The van der Waals surface area contributed by atoms with E-state index in [1.165, 1.54) is 22.6 Å². The SMILES string of the molecule is Cc1ncsc1-c1ccc([C@@H](C)NC(=O)[C@H]2C[C@H](O)CN2C(=O)[C@H](NC(=O)CN2CCN(CC3CCN(Cc4ccc5c(c4)c(-c4ccc(OC(F)(F)F)cc4)cn5CCCN)CC3)CC2)C(C)(C)C)cc1. The van der Waals surface area contributed by atoms with Gasteiger partial charge < -0.3 is 40.6 Å². The van der Waals surface area contributed by atoms with Crippen LogP contribution in [0.4, 0.5) is 13.2 Å². The Morgan fingerprint density at radius 3 is 2.22 bits per heavy atom. The molecule has 3 aliphatic heterocycles. The number of alkyl halides is 3. The molecule has 388 valence electrons. The lowest BCUT2D eigenvalue weighted by molar-refractivity contribution is -0.274. The number of aromatic nitrogens is 2. The van der Waals surface area contributed by atoms with Crippen LogP contribution in [0.1, 0.15) is 76.2 Å². The Hall–Kier alpha value is -5.37. The number of aryl methyl sites for hydroxylation is 2. The average molecular weight is 1010 g/mol. The number of rotatable bonds is 17. The summed E-state index contributed by atoms with van der Waals surface area (Å²) in [6.07, 6.45) is -0.471. The van der Waals surface area contributed by atoms with E-state index in [1.54, 1.807) is 23.5 Å². The second-order valence-corrected chi connectivity index (χ2v) is 21.8. The van der Waals surface area contributed by atoms with Crippen molar-refractivity contribution in [3.8, 4) is 27.3 Å². The fourth-order valence-electron chi connectivity index (χ4n) is 10.5. The van der Waals surface area contributed by atoms with Gasteiger partial charge >= 0.3 is 6.36 Å². The van der Waals surface area contributed by atoms with Crippen LogP contribution in [0.2, 0.25) is 0 Å². The molecule has 72 heavy (non-hydrogen) atoms. The fraction of sp³-hybridized carbons (Fsp3) is 0.519. The number of fused-ring (bicyclic) bond motifs is 1. The molecule has 0 unspecified atom stereocenters. The average Bonchev–Trinajstić information content (AvgIpc) is 4.06. The van der Waals surface area contributed by atoms with E-state index in [-0.39, 0.29) is 49.0 Å². The number of carbonyl (C=O) groups excluding carboxylic acids is 3. The van der Waals surface area contributed by atoms with E-state index in [4.69, 9.17) is 5.73 Å². The summed E-state index contributed by atoms with van der Waals surface area (Å²) >= 11 is 1.58. The Morgan fingerprint density at radius 2 is 1.58 bits per heavy atom. The molecule has 8 rings (SSSR count). The summed E-state index contributed by atoms with van der Waals surface area (Å²) in [7, 11) is 0. The van der Waals surface area contributed by atoms with Crippen LogP contribution in [-0.2, 0) is 27.5 Å². The molecular formula is C54H70F3N9O5S. The van der Waals surface area contributed by atoms with Crippen LogP contribution in [0.3, 0.4) is 0 Å². The quantitative estimate of drug-likeness (QED) is 0.0751. The molecule has 3 amide bonds. The van der Waals surface area contributed by atoms with Crippen molar-refractivity contribution in [1.29, 1.82) is 0 Å². The molecule has 3 aromatic carbocycles. The van der Waals surface area contributed by atoms with Crippen LogP contribution in [-0.4, -0.2) is 142 Å². The number of nitrogens with one attached hydrogen (secondary N) is 2. The fourth-order valence-corrected chi connectivity index (χ4v) is 11.3. The number of hydrogen-bond donors (Lipinski definition) is 4. The molecule has 0 spiro atoms. The molecule has 3 saturated heterocycles. The van der Waals surface area contributed by atoms with Crippen LogP contribution in [0.25, 0.3) is 32.5 Å². The van der Waals surface area contributed by atoms with E-state index in [0.717, 1.165) is 122 Å². The Morgan fingerprint density at radius 1 is 0.903 bits per heavy atom. The molecule has 5 aromatic rings. The van der Waals surface area contributed by atoms with Gasteiger partial charge in [0, 0.05) is 81.4 Å². The van der Waals surface area contributed by atoms with Crippen LogP contribution in [0.5, 0.6) is 5.75 Å². The van der Waals surface area contributed by atoms with Gasteiger partial charge in [-0.05, 0) is 111 Å². The molecule has 0 bridgehead atoms. The monoisotopic (exact) mass is 1010 g/mol. The first-order valence-corrected chi connectivity index (χ1v) is 26.1. The van der Waals surface area contributed by atoms with E-state index in [2.05, 4.69) is 64.0 Å². The van der Waals surface area contributed by atoms with Crippen molar-refractivity contribution in [2.24, 2.45) is 17.1 Å². The molecule has 3 fully saturated rings. The number of nitrogens with two attached hydrogens (primary N) is 1. The molecule has 5 N–H and O–H groups in total. The Balaban J connectivity index is 0.793. The number of thiazole rings is 1. The summed E-state index contributed by atoms with van der Waals surface area (Å²) in [6.45, 7) is 17.9. The van der Waals surface area contributed by atoms with Gasteiger partial charge in [0.15, 0.2) is 0 Å². The molecule has 0 radical (unpaired) electrons. The summed E-state index contributed by atoms with van der Waals surface area (Å²) in [5.74, 6) is -0.659. The minimum atomic E-state index is -4.75. The van der Waals surface area contributed by atoms with E-state index in [1.807, 2.05) is 64.4 Å². The molecule has 4 atom stereocenters. The lowest BCUT2D eigenvalue weighted by atomic mass is 9.85. The molecule has 18 heteroatoms. The maximum atomic E-state index is 14.3. The van der Waals surface area contributed by atoms with Gasteiger partial charge in [0.2, 0.25) is 17.7 Å². The number of aliphatic hydroxyl groups is 1. The topological polar surface area (TPSA) is 162 Å². The number of carbonyl (C=O) groups is 3. The second-order valence-electron chi connectivity index (χ2n) is 21.0. The van der Waals surface area contributed by atoms with Gasteiger partial charge in [0.25, 0.3) is 0 Å². The third kappa shape index (κ3) is 13.2. The number of hydrogen-bond acceptors (Lipinski definition) is 11. The van der Waals surface area contributed by atoms with Crippen molar-refractivity contribution in [2.45, 2.75) is 104 Å². The summed E-state index contributed by atoms with van der Waals surface area (Å²) in [6, 6.07) is 18.4. The maximum absolute atomic E-state index is 14.3. The molecular weight excluding hydrogens is 944 g/mol. The lowest BCUT2D eigenvalue weighted by Crippen LogP contribution is -2.59.